The number of hydrogen-bond donors (Lipinski definition) is 1. The third kappa shape index (κ3) is 3.34. The summed E-state index contributed by atoms with van der Waals surface area (Å²) in [4.78, 5) is 22.0. The third-order valence-electron chi connectivity index (χ3n) is 1.85. The lowest BCUT2D eigenvalue weighted by Crippen LogP contribution is -2.34. The van der Waals surface area contributed by atoms with Crippen LogP contribution in [0.1, 0.15) is 10.5 Å². The van der Waals surface area contributed by atoms with E-state index in [9.17, 15) is 9.59 Å². The predicted molar refractivity (Wildman–Crippen MR) is 60.3 cm³/mol. The van der Waals surface area contributed by atoms with Crippen molar-refractivity contribution >= 4 is 27.8 Å². The summed E-state index contributed by atoms with van der Waals surface area (Å²) >= 11 is 3.09. The third-order valence-corrected chi connectivity index (χ3v) is 2.54. The Kier molecular flexibility index (Phi) is 4.48. The number of carbonyl (C=O) groups is 2. The molecule has 0 fully saturated rings. The first-order valence-electron chi connectivity index (χ1n) is 4.54. The number of nitrogens with zero attached hydrogens (tertiary/aromatic N) is 2. The normalized spacial score (nSPS) is 11.9. The van der Waals surface area contributed by atoms with Gasteiger partial charge in [0.1, 0.15) is 10.5 Å². The zero-order chi connectivity index (χ0) is 12.1. The van der Waals surface area contributed by atoms with Crippen LogP contribution in [0.3, 0.4) is 0 Å². The van der Waals surface area contributed by atoms with Crippen LogP contribution in [-0.2, 0) is 16.6 Å². The number of methoxy groups -OCH3 is 1. The highest BCUT2D eigenvalue weighted by Crippen LogP contribution is 2.01. The number of ether oxygens (including phenoxy) is 1. The van der Waals surface area contributed by atoms with Crippen LogP contribution in [0, 0.1) is 0 Å². The average molecular weight is 290 g/mol. The van der Waals surface area contributed by atoms with Crippen molar-refractivity contribution in [1.82, 2.24) is 15.1 Å². The summed E-state index contributed by atoms with van der Waals surface area (Å²) in [6.45, 7) is 0.155. The number of aromatic nitrogens is 2. The molecule has 0 bridgehead atoms. The first kappa shape index (κ1) is 12.7. The van der Waals surface area contributed by atoms with Gasteiger partial charge in [-0.05, 0) is 6.07 Å². The Bertz CT molecular complexity index is 391. The summed E-state index contributed by atoms with van der Waals surface area (Å²) in [6, 6.07) is 1.59. The maximum atomic E-state index is 11.5. The Hall–Kier alpha value is -1.37. The minimum absolute atomic E-state index is 0.155. The lowest BCUT2D eigenvalue weighted by Gasteiger charge is -2.07. The van der Waals surface area contributed by atoms with Crippen LogP contribution >= 0.6 is 15.9 Å². The fourth-order valence-electron chi connectivity index (χ4n) is 1.02. The molecule has 6 nitrogen and oxygen atoms in total. The monoisotopic (exact) mass is 289 g/mol. The molecule has 0 aromatic carbocycles. The molecule has 0 radical (unpaired) electrons. The molecule has 0 saturated carbocycles. The number of esters is 1. The molecular weight excluding hydrogens is 278 g/mol. The second-order valence-corrected chi connectivity index (χ2v) is 4.18. The number of halogens is 1. The summed E-state index contributed by atoms with van der Waals surface area (Å²) in [6.07, 6.45) is 1.67. The van der Waals surface area contributed by atoms with Gasteiger partial charge in [-0.15, -0.1) is 0 Å². The van der Waals surface area contributed by atoms with Crippen LogP contribution in [0.4, 0.5) is 0 Å². The van der Waals surface area contributed by atoms with Gasteiger partial charge in [0.05, 0.1) is 7.11 Å². The van der Waals surface area contributed by atoms with Crippen molar-refractivity contribution < 1.29 is 14.3 Å². The average Bonchev–Trinajstić information content (AvgIpc) is 2.71. The number of carbonyl (C=O) groups excluding carboxylic acids is 2. The van der Waals surface area contributed by atoms with E-state index >= 15 is 0 Å². The Balaban J connectivity index is 2.44. The molecule has 0 aliphatic carbocycles. The predicted octanol–water partition coefficient (Wildman–Crippen LogP) is 0.0864. The van der Waals surface area contributed by atoms with E-state index in [2.05, 4.69) is 31.1 Å². The van der Waals surface area contributed by atoms with Crippen molar-refractivity contribution in [3.8, 4) is 0 Å². The van der Waals surface area contributed by atoms with Crippen LogP contribution in [0.2, 0.25) is 0 Å². The van der Waals surface area contributed by atoms with Crippen LogP contribution in [0.25, 0.3) is 0 Å². The SMILES string of the molecule is COC(=O)C(Br)CNC(=O)c1ccn(C)n1. The highest BCUT2D eigenvalue weighted by atomic mass is 79.9. The minimum atomic E-state index is -0.551. The summed E-state index contributed by atoms with van der Waals surface area (Å²) in [7, 11) is 3.01. The fraction of sp³-hybridized carbons (Fsp3) is 0.444. The Morgan fingerprint density at radius 3 is 2.88 bits per heavy atom. The van der Waals surface area contributed by atoms with Gasteiger partial charge in [-0.2, -0.15) is 5.10 Å². The Morgan fingerprint density at radius 1 is 1.69 bits per heavy atom. The molecule has 7 heteroatoms. The molecule has 1 atom stereocenters. The number of alkyl halides is 1. The van der Waals surface area contributed by atoms with Gasteiger partial charge >= 0.3 is 5.97 Å². The summed E-state index contributed by atoms with van der Waals surface area (Å²) in [5.74, 6) is -0.754. The summed E-state index contributed by atoms with van der Waals surface area (Å²) in [5, 5.41) is 6.49. The molecule has 0 spiro atoms. The smallest absolute Gasteiger partial charge is 0.321 e. The van der Waals surface area contributed by atoms with Crippen molar-refractivity contribution in [3.63, 3.8) is 0 Å². The van der Waals surface area contributed by atoms with Gasteiger partial charge in [-0.1, -0.05) is 15.9 Å². The molecule has 0 saturated heterocycles. The van der Waals surface area contributed by atoms with Crippen LogP contribution in [-0.4, -0.2) is 40.1 Å². The van der Waals surface area contributed by atoms with Crippen molar-refractivity contribution in [1.29, 1.82) is 0 Å². The maximum absolute atomic E-state index is 11.5. The van der Waals surface area contributed by atoms with Gasteiger partial charge < -0.3 is 10.1 Å². The van der Waals surface area contributed by atoms with Crippen molar-refractivity contribution in [2.45, 2.75) is 4.83 Å². The number of hydrogen-bond acceptors (Lipinski definition) is 4. The van der Waals surface area contributed by atoms with Gasteiger partial charge in [-0.25, -0.2) is 0 Å². The van der Waals surface area contributed by atoms with Gasteiger partial charge in [-0.3, -0.25) is 14.3 Å². The largest absolute Gasteiger partial charge is 0.468 e. The number of rotatable bonds is 4. The van der Waals surface area contributed by atoms with E-state index in [1.807, 2.05) is 0 Å². The second kappa shape index (κ2) is 5.64. The molecule has 1 rings (SSSR count). The van der Waals surface area contributed by atoms with Gasteiger partial charge in [0.2, 0.25) is 0 Å². The number of amides is 1. The highest BCUT2D eigenvalue weighted by molar-refractivity contribution is 9.10. The van der Waals surface area contributed by atoms with Crippen molar-refractivity contribution in [2.75, 3.05) is 13.7 Å². The summed E-state index contributed by atoms with van der Waals surface area (Å²) < 4.78 is 6.03. The highest BCUT2D eigenvalue weighted by Gasteiger charge is 2.17. The molecule has 1 aromatic heterocycles. The first-order valence-corrected chi connectivity index (χ1v) is 5.46. The van der Waals surface area contributed by atoms with Crippen molar-refractivity contribution in [2.24, 2.45) is 7.05 Å². The van der Waals surface area contributed by atoms with E-state index in [-0.39, 0.29) is 12.5 Å². The quantitative estimate of drug-likeness (QED) is 0.630. The standard InChI is InChI=1S/C9H12BrN3O3/c1-13-4-3-7(12-13)8(14)11-5-6(10)9(15)16-2/h3-4,6H,5H2,1-2H3,(H,11,14). The zero-order valence-electron chi connectivity index (χ0n) is 8.94. The Labute approximate surface area is 101 Å². The zero-order valence-corrected chi connectivity index (χ0v) is 10.5. The van der Waals surface area contributed by atoms with E-state index in [1.54, 1.807) is 19.3 Å². The summed E-state index contributed by atoms with van der Waals surface area (Å²) in [5.41, 5.74) is 0.312. The maximum Gasteiger partial charge on any atom is 0.321 e. The topological polar surface area (TPSA) is 73.2 Å². The van der Waals surface area contributed by atoms with E-state index in [4.69, 9.17) is 0 Å². The van der Waals surface area contributed by atoms with E-state index in [1.165, 1.54) is 11.8 Å². The Morgan fingerprint density at radius 2 is 2.38 bits per heavy atom. The van der Waals surface area contributed by atoms with Crippen LogP contribution in [0.15, 0.2) is 12.3 Å². The van der Waals surface area contributed by atoms with Gasteiger partial charge in [0.15, 0.2) is 0 Å². The molecule has 1 N–H and O–H groups in total. The molecule has 0 aliphatic heterocycles. The van der Waals surface area contributed by atoms with Crippen molar-refractivity contribution in [3.05, 3.63) is 18.0 Å². The molecular formula is C9H12BrN3O3. The first-order chi connectivity index (χ1) is 7.54. The fourth-order valence-corrected chi connectivity index (χ4v) is 1.37. The molecule has 1 amide bonds. The second-order valence-electron chi connectivity index (χ2n) is 3.08. The molecule has 1 unspecified atom stereocenters. The van der Waals surface area contributed by atoms with E-state index in [0.717, 1.165) is 0 Å². The van der Waals surface area contributed by atoms with E-state index < -0.39 is 10.8 Å². The molecule has 1 aromatic rings. The van der Waals surface area contributed by atoms with Gasteiger partial charge in [0, 0.05) is 19.8 Å². The van der Waals surface area contributed by atoms with Gasteiger partial charge in [0.25, 0.3) is 5.91 Å². The molecule has 88 valence electrons. The minimum Gasteiger partial charge on any atom is -0.468 e. The van der Waals surface area contributed by atoms with Crippen LogP contribution in [0.5, 0.6) is 0 Å². The molecule has 16 heavy (non-hydrogen) atoms. The van der Waals surface area contributed by atoms with E-state index in [0.29, 0.717) is 5.69 Å². The molecule has 1 heterocycles. The number of nitrogens with one attached hydrogen (secondary N) is 1. The lowest BCUT2D eigenvalue weighted by molar-refractivity contribution is -0.139. The number of aryl methyl sites for hydroxylation is 1. The van der Waals surface area contributed by atoms with Crippen LogP contribution < -0.4 is 5.32 Å². The lowest BCUT2D eigenvalue weighted by atomic mass is 10.3. The molecule has 0 aliphatic rings.